The van der Waals surface area contributed by atoms with Crippen LogP contribution in [-0.4, -0.2) is 18.6 Å². The normalized spacial score (nSPS) is 12.3. The van der Waals surface area contributed by atoms with Gasteiger partial charge in [-0.15, -0.1) is 0 Å². The molecule has 0 fully saturated rings. The first-order valence-corrected chi connectivity index (χ1v) is 7.88. The Hall–Kier alpha value is -0.550. The van der Waals surface area contributed by atoms with Gasteiger partial charge in [0.1, 0.15) is 5.75 Å². The lowest BCUT2D eigenvalue weighted by atomic mass is 10.1. The lowest BCUT2D eigenvalue weighted by Gasteiger charge is -2.16. The Kier molecular flexibility index (Phi) is 6.86. The van der Waals surface area contributed by atoms with Gasteiger partial charge in [0.05, 0.1) is 4.47 Å². The molecule has 0 unspecified atom stereocenters. The predicted octanol–water partition coefficient (Wildman–Crippen LogP) is 4.14. The molecule has 1 atom stereocenters. The second-order valence-electron chi connectivity index (χ2n) is 4.81. The zero-order valence-electron chi connectivity index (χ0n) is 11.4. The van der Waals surface area contributed by atoms with E-state index in [0.29, 0.717) is 18.2 Å². The van der Waals surface area contributed by atoms with Crippen LogP contribution in [0.3, 0.4) is 0 Å². The summed E-state index contributed by atoms with van der Waals surface area (Å²) in [5.41, 5.74) is 0. The van der Waals surface area contributed by atoms with Gasteiger partial charge in [-0.05, 0) is 53.4 Å². The van der Waals surface area contributed by atoms with Crippen molar-refractivity contribution in [1.29, 1.82) is 0 Å². The first-order valence-electron chi connectivity index (χ1n) is 6.29. The van der Waals surface area contributed by atoms with Crippen molar-refractivity contribution in [1.82, 2.24) is 5.32 Å². The standard InChI is InChI=1S/C14H19Br2NO2/c1-9(2)6-7-17-14(18)10(3)19-13-5-4-11(15)8-12(13)16/h4-5,8-10H,6-7H2,1-3H3,(H,17,18)/t10-/m0/s1. The molecule has 0 aromatic heterocycles. The molecule has 0 aliphatic carbocycles. The summed E-state index contributed by atoms with van der Waals surface area (Å²) in [5, 5.41) is 2.88. The Morgan fingerprint density at radius 1 is 1.32 bits per heavy atom. The van der Waals surface area contributed by atoms with Crippen LogP contribution in [0.4, 0.5) is 0 Å². The minimum absolute atomic E-state index is 0.0875. The predicted molar refractivity (Wildman–Crippen MR) is 84.4 cm³/mol. The van der Waals surface area contributed by atoms with Crippen LogP contribution in [0.15, 0.2) is 27.1 Å². The van der Waals surface area contributed by atoms with Gasteiger partial charge in [0.15, 0.2) is 6.10 Å². The van der Waals surface area contributed by atoms with Gasteiger partial charge in [0, 0.05) is 11.0 Å². The topological polar surface area (TPSA) is 38.3 Å². The summed E-state index contributed by atoms with van der Waals surface area (Å²) in [6.07, 6.45) is 0.463. The van der Waals surface area contributed by atoms with Crippen molar-refractivity contribution >= 4 is 37.8 Å². The molecule has 106 valence electrons. The number of carbonyl (C=O) groups excluding carboxylic acids is 1. The van der Waals surface area contributed by atoms with Crippen LogP contribution in [0.5, 0.6) is 5.75 Å². The number of carbonyl (C=O) groups is 1. The van der Waals surface area contributed by atoms with E-state index in [1.165, 1.54) is 0 Å². The fourth-order valence-electron chi connectivity index (χ4n) is 1.44. The molecule has 0 bridgehead atoms. The van der Waals surface area contributed by atoms with Crippen molar-refractivity contribution in [3.8, 4) is 5.75 Å². The van der Waals surface area contributed by atoms with Crippen LogP contribution in [0, 0.1) is 5.92 Å². The SMILES string of the molecule is CC(C)CCNC(=O)[C@H](C)Oc1ccc(Br)cc1Br. The molecule has 0 aliphatic heterocycles. The minimum Gasteiger partial charge on any atom is -0.480 e. The smallest absolute Gasteiger partial charge is 0.260 e. The molecule has 1 rings (SSSR count). The van der Waals surface area contributed by atoms with Crippen molar-refractivity contribution < 1.29 is 9.53 Å². The molecule has 0 aliphatic rings. The van der Waals surface area contributed by atoms with Crippen LogP contribution in [0.2, 0.25) is 0 Å². The summed E-state index contributed by atoms with van der Waals surface area (Å²) in [6, 6.07) is 5.59. The lowest BCUT2D eigenvalue weighted by molar-refractivity contribution is -0.127. The van der Waals surface area contributed by atoms with Crippen LogP contribution in [0.1, 0.15) is 27.2 Å². The van der Waals surface area contributed by atoms with Gasteiger partial charge in [-0.25, -0.2) is 0 Å². The Bertz CT molecular complexity index is 435. The van der Waals surface area contributed by atoms with Crippen LogP contribution >= 0.6 is 31.9 Å². The summed E-state index contributed by atoms with van der Waals surface area (Å²) in [5.74, 6) is 1.15. The van der Waals surface area contributed by atoms with E-state index in [4.69, 9.17) is 4.74 Å². The molecular weight excluding hydrogens is 374 g/mol. The Morgan fingerprint density at radius 3 is 2.58 bits per heavy atom. The van der Waals surface area contributed by atoms with Gasteiger partial charge in [-0.3, -0.25) is 4.79 Å². The average molecular weight is 393 g/mol. The summed E-state index contributed by atoms with van der Waals surface area (Å²) in [6.45, 7) is 6.70. The molecule has 0 saturated carbocycles. The van der Waals surface area contributed by atoms with Crippen molar-refractivity contribution in [3.05, 3.63) is 27.1 Å². The van der Waals surface area contributed by atoms with Crippen molar-refractivity contribution in [2.24, 2.45) is 5.92 Å². The third-order valence-electron chi connectivity index (χ3n) is 2.59. The van der Waals surface area contributed by atoms with E-state index in [0.717, 1.165) is 15.4 Å². The maximum Gasteiger partial charge on any atom is 0.260 e. The zero-order chi connectivity index (χ0) is 14.4. The lowest BCUT2D eigenvalue weighted by Crippen LogP contribution is -2.37. The number of hydrogen-bond acceptors (Lipinski definition) is 2. The summed E-state index contributed by atoms with van der Waals surface area (Å²) >= 11 is 6.78. The molecule has 0 radical (unpaired) electrons. The second-order valence-corrected chi connectivity index (χ2v) is 6.58. The molecule has 1 aromatic carbocycles. The van der Waals surface area contributed by atoms with Crippen LogP contribution in [-0.2, 0) is 4.79 Å². The second kappa shape index (κ2) is 7.90. The van der Waals surface area contributed by atoms with Gasteiger partial charge in [-0.2, -0.15) is 0 Å². The highest BCUT2D eigenvalue weighted by Crippen LogP contribution is 2.28. The molecule has 19 heavy (non-hydrogen) atoms. The maximum absolute atomic E-state index is 11.8. The Labute approximate surface area is 131 Å². The molecule has 1 amide bonds. The minimum atomic E-state index is -0.510. The van der Waals surface area contributed by atoms with E-state index in [-0.39, 0.29) is 5.91 Å². The van der Waals surface area contributed by atoms with Gasteiger partial charge in [0.25, 0.3) is 5.91 Å². The number of rotatable bonds is 6. The quantitative estimate of drug-likeness (QED) is 0.789. The zero-order valence-corrected chi connectivity index (χ0v) is 14.5. The molecule has 0 saturated heterocycles. The first-order chi connectivity index (χ1) is 8.90. The third kappa shape index (κ3) is 5.95. The van der Waals surface area contributed by atoms with Crippen molar-refractivity contribution in [3.63, 3.8) is 0 Å². The van der Waals surface area contributed by atoms with E-state index in [2.05, 4.69) is 51.0 Å². The monoisotopic (exact) mass is 391 g/mol. The highest BCUT2D eigenvalue weighted by molar-refractivity contribution is 9.11. The maximum atomic E-state index is 11.8. The van der Waals surface area contributed by atoms with E-state index in [9.17, 15) is 4.79 Å². The Balaban J connectivity index is 2.49. The number of benzene rings is 1. The van der Waals surface area contributed by atoms with Crippen molar-refractivity contribution in [2.45, 2.75) is 33.3 Å². The van der Waals surface area contributed by atoms with Gasteiger partial charge < -0.3 is 10.1 Å². The first kappa shape index (κ1) is 16.5. The molecule has 3 nitrogen and oxygen atoms in total. The molecule has 1 aromatic rings. The third-order valence-corrected chi connectivity index (χ3v) is 3.70. The van der Waals surface area contributed by atoms with Gasteiger partial charge >= 0.3 is 0 Å². The van der Waals surface area contributed by atoms with E-state index in [1.807, 2.05) is 18.2 Å². The van der Waals surface area contributed by atoms with E-state index < -0.39 is 6.10 Å². The number of nitrogens with one attached hydrogen (secondary N) is 1. The number of halogens is 2. The number of hydrogen-bond donors (Lipinski definition) is 1. The number of amides is 1. The molecule has 5 heteroatoms. The molecule has 0 spiro atoms. The Morgan fingerprint density at radius 2 is 2.00 bits per heavy atom. The van der Waals surface area contributed by atoms with Crippen LogP contribution < -0.4 is 10.1 Å². The van der Waals surface area contributed by atoms with Gasteiger partial charge in [-0.1, -0.05) is 29.8 Å². The highest BCUT2D eigenvalue weighted by atomic mass is 79.9. The summed E-state index contributed by atoms with van der Waals surface area (Å²) < 4.78 is 7.42. The fourth-order valence-corrected chi connectivity index (χ4v) is 2.58. The number of ether oxygens (including phenoxy) is 1. The van der Waals surface area contributed by atoms with Crippen LogP contribution in [0.25, 0.3) is 0 Å². The van der Waals surface area contributed by atoms with E-state index >= 15 is 0 Å². The van der Waals surface area contributed by atoms with Crippen molar-refractivity contribution in [2.75, 3.05) is 6.54 Å². The van der Waals surface area contributed by atoms with Gasteiger partial charge in [0.2, 0.25) is 0 Å². The highest BCUT2D eigenvalue weighted by Gasteiger charge is 2.15. The fraction of sp³-hybridized carbons (Fsp3) is 0.500. The van der Waals surface area contributed by atoms with E-state index in [1.54, 1.807) is 6.92 Å². The molecular formula is C14H19Br2NO2. The molecule has 0 heterocycles. The largest absolute Gasteiger partial charge is 0.480 e. The average Bonchev–Trinajstić information content (AvgIpc) is 2.32. The summed E-state index contributed by atoms with van der Waals surface area (Å²) in [4.78, 5) is 11.8. The molecule has 1 N–H and O–H groups in total. The summed E-state index contributed by atoms with van der Waals surface area (Å²) in [7, 11) is 0.